The van der Waals surface area contributed by atoms with Gasteiger partial charge in [-0.1, -0.05) is 6.07 Å². The Morgan fingerprint density at radius 2 is 2.14 bits per heavy atom. The summed E-state index contributed by atoms with van der Waals surface area (Å²) < 4.78 is 0.411. The number of hydrogen-bond donors (Lipinski definition) is 2. The highest BCUT2D eigenvalue weighted by Gasteiger charge is 2.18. The lowest BCUT2D eigenvalue weighted by atomic mass is 10.1. The van der Waals surface area contributed by atoms with Crippen molar-refractivity contribution in [1.82, 2.24) is 4.98 Å². The summed E-state index contributed by atoms with van der Waals surface area (Å²) in [7, 11) is 0. The number of nitrogens with one attached hydrogen (secondary N) is 1. The van der Waals surface area contributed by atoms with Crippen LogP contribution in [0.4, 0.5) is 17.1 Å². The Balaban J connectivity index is 2.46. The minimum absolute atomic E-state index is 0.132. The molecule has 0 saturated heterocycles. The van der Waals surface area contributed by atoms with Gasteiger partial charge in [0, 0.05) is 11.9 Å². The normalized spacial score (nSPS) is 10.2. The molecule has 0 unspecified atom stereocenters. The first-order chi connectivity index (χ1) is 9.90. The molecule has 0 atom stereocenters. The maximum Gasteiger partial charge on any atom is 0.336 e. The van der Waals surface area contributed by atoms with Crippen molar-refractivity contribution in [2.75, 3.05) is 5.32 Å². The van der Waals surface area contributed by atoms with Crippen molar-refractivity contribution in [1.29, 1.82) is 0 Å². The molecule has 1 aromatic carbocycles. The first-order valence-corrected chi connectivity index (χ1v) is 6.58. The van der Waals surface area contributed by atoms with Gasteiger partial charge in [-0.3, -0.25) is 15.1 Å². The van der Waals surface area contributed by atoms with Gasteiger partial charge >= 0.3 is 11.7 Å². The smallest absolute Gasteiger partial charge is 0.336 e. The predicted molar refractivity (Wildman–Crippen MR) is 80.0 cm³/mol. The molecule has 0 radical (unpaired) electrons. The summed E-state index contributed by atoms with van der Waals surface area (Å²) in [6.07, 6.45) is 2.54. The monoisotopic (exact) mass is 351 g/mol. The summed E-state index contributed by atoms with van der Waals surface area (Å²) in [4.78, 5) is 25.3. The van der Waals surface area contributed by atoms with Crippen molar-refractivity contribution < 1.29 is 14.8 Å². The fraction of sp³-hybridized carbons (Fsp3) is 0.0769. The molecule has 0 bridgehead atoms. The number of carboxylic acids is 1. The molecule has 7 nitrogen and oxygen atoms in total. The van der Waals surface area contributed by atoms with E-state index in [4.69, 9.17) is 5.11 Å². The summed E-state index contributed by atoms with van der Waals surface area (Å²) in [5.74, 6) is -1.06. The first-order valence-electron chi connectivity index (χ1n) is 5.79. The number of nitrogens with zero attached hydrogens (tertiary/aromatic N) is 2. The van der Waals surface area contributed by atoms with Gasteiger partial charge in [0.2, 0.25) is 0 Å². The molecular formula is C13H10BrN3O4. The molecule has 1 heterocycles. The molecule has 2 rings (SSSR count). The highest BCUT2D eigenvalue weighted by Crippen LogP contribution is 2.34. The van der Waals surface area contributed by atoms with Gasteiger partial charge in [0.1, 0.15) is 11.9 Å². The number of pyridine rings is 1. The third kappa shape index (κ3) is 3.16. The Labute approximate surface area is 127 Å². The molecule has 2 aromatic rings. The summed E-state index contributed by atoms with van der Waals surface area (Å²) in [6.45, 7) is 1.68. The number of nitro groups is 1. The lowest BCUT2D eigenvalue weighted by Crippen LogP contribution is -2.03. The van der Waals surface area contributed by atoms with Crippen LogP contribution in [0.25, 0.3) is 0 Å². The van der Waals surface area contributed by atoms with E-state index in [9.17, 15) is 14.9 Å². The van der Waals surface area contributed by atoms with Crippen LogP contribution in [0.15, 0.2) is 35.1 Å². The van der Waals surface area contributed by atoms with Crippen molar-refractivity contribution in [3.8, 4) is 0 Å². The highest BCUT2D eigenvalue weighted by atomic mass is 79.9. The lowest BCUT2D eigenvalue weighted by Gasteiger charge is -2.10. The van der Waals surface area contributed by atoms with E-state index in [0.717, 1.165) is 6.20 Å². The van der Waals surface area contributed by atoms with Gasteiger partial charge in [0.15, 0.2) is 0 Å². The van der Waals surface area contributed by atoms with E-state index >= 15 is 0 Å². The Hall–Kier alpha value is -2.48. The number of aryl methyl sites for hydroxylation is 1. The molecule has 0 spiro atoms. The maximum atomic E-state index is 11.1. The lowest BCUT2D eigenvalue weighted by molar-refractivity contribution is -0.384. The third-order valence-corrected chi connectivity index (χ3v) is 3.41. The van der Waals surface area contributed by atoms with Gasteiger partial charge in [0.05, 0.1) is 15.0 Å². The predicted octanol–water partition coefficient (Wildman–Crippen LogP) is 3.50. The number of aromatic nitrogens is 1. The Morgan fingerprint density at radius 1 is 1.43 bits per heavy atom. The van der Waals surface area contributed by atoms with E-state index in [2.05, 4.69) is 26.2 Å². The molecule has 8 heteroatoms. The average Bonchev–Trinajstić information content (AvgIpc) is 2.42. The number of halogens is 1. The quantitative estimate of drug-likeness (QED) is 0.644. The van der Waals surface area contributed by atoms with Crippen molar-refractivity contribution in [2.45, 2.75) is 6.92 Å². The van der Waals surface area contributed by atoms with Crippen molar-refractivity contribution in [2.24, 2.45) is 0 Å². The minimum atomic E-state index is -1.06. The van der Waals surface area contributed by atoms with Crippen LogP contribution in [0.3, 0.4) is 0 Å². The Morgan fingerprint density at radius 3 is 2.76 bits per heavy atom. The Bertz CT molecular complexity index is 733. The van der Waals surface area contributed by atoms with E-state index in [1.807, 2.05) is 0 Å². The van der Waals surface area contributed by atoms with Crippen LogP contribution in [-0.4, -0.2) is 21.0 Å². The van der Waals surface area contributed by atoms with Gasteiger partial charge in [-0.05, 0) is 40.5 Å². The molecule has 0 amide bonds. The van der Waals surface area contributed by atoms with Gasteiger partial charge < -0.3 is 10.4 Å². The number of aromatic carboxylic acids is 1. The molecule has 0 aliphatic rings. The minimum Gasteiger partial charge on any atom is -0.478 e. The molecule has 0 saturated carbocycles. The first kappa shape index (κ1) is 14.9. The van der Waals surface area contributed by atoms with E-state index in [1.165, 1.54) is 12.3 Å². The second-order valence-electron chi connectivity index (χ2n) is 4.23. The summed E-state index contributed by atoms with van der Waals surface area (Å²) in [5.41, 5.74) is 1.19. The summed E-state index contributed by atoms with van der Waals surface area (Å²) in [6, 6.07) is 4.71. The molecule has 1 aromatic heterocycles. The van der Waals surface area contributed by atoms with Crippen LogP contribution in [0.1, 0.15) is 15.9 Å². The van der Waals surface area contributed by atoms with Crippen molar-refractivity contribution in [3.05, 3.63) is 56.3 Å². The van der Waals surface area contributed by atoms with E-state index in [0.29, 0.717) is 15.7 Å². The van der Waals surface area contributed by atoms with E-state index in [-0.39, 0.29) is 16.9 Å². The molecular weight excluding hydrogens is 342 g/mol. The van der Waals surface area contributed by atoms with Gasteiger partial charge in [0.25, 0.3) is 0 Å². The van der Waals surface area contributed by atoms with Crippen LogP contribution in [0.5, 0.6) is 0 Å². The number of carboxylic acid groups (broad SMARTS) is 1. The number of benzene rings is 1. The molecule has 0 aliphatic heterocycles. The zero-order chi connectivity index (χ0) is 15.6. The largest absolute Gasteiger partial charge is 0.478 e. The molecule has 2 N–H and O–H groups in total. The molecule has 108 valence electrons. The zero-order valence-corrected chi connectivity index (χ0v) is 12.4. The number of carbonyl (C=O) groups is 1. The van der Waals surface area contributed by atoms with Crippen LogP contribution in [-0.2, 0) is 0 Å². The highest BCUT2D eigenvalue weighted by molar-refractivity contribution is 9.10. The van der Waals surface area contributed by atoms with E-state index in [1.54, 1.807) is 19.1 Å². The fourth-order valence-electron chi connectivity index (χ4n) is 1.76. The number of hydrogen-bond acceptors (Lipinski definition) is 5. The summed E-state index contributed by atoms with van der Waals surface area (Å²) in [5, 5.41) is 23.0. The number of rotatable bonds is 4. The molecule has 0 aliphatic carbocycles. The van der Waals surface area contributed by atoms with Gasteiger partial charge in [-0.2, -0.15) is 0 Å². The number of anilines is 2. The maximum absolute atomic E-state index is 11.1. The van der Waals surface area contributed by atoms with Gasteiger partial charge in [-0.25, -0.2) is 4.79 Å². The molecule has 0 fully saturated rings. The second kappa shape index (κ2) is 5.88. The second-order valence-corrected chi connectivity index (χ2v) is 5.09. The average molecular weight is 352 g/mol. The molecule has 21 heavy (non-hydrogen) atoms. The third-order valence-electron chi connectivity index (χ3n) is 2.81. The van der Waals surface area contributed by atoms with Crippen molar-refractivity contribution >= 4 is 39.0 Å². The standard InChI is InChI=1S/C13H10BrN3O4/c1-7-2-3-8(4-9(7)13(18)19)16-12-10(14)5-15-6-11(12)17(20)21/h2-6H,1H3,(H,15,16)(H,18,19). The van der Waals surface area contributed by atoms with Crippen LogP contribution in [0.2, 0.25) is 0 Å². The van der Waals surface area contributed by atoms with Crippen LogP contribution >= 0.6 is 15.9 Å². The van der Waals surface area contributed by atoms with Crippen molar-refractivity contribution in [3.63, 3.8) is 0 Å². The van der Waals surface area contributed by atoms with Gasteiger partial charge in [-0.15, -0.1) is 0 Å². The Kier molecular flexibility index (Phi) is 4.18. The topological polar surface area (TPSA) is 105 Å². The SMILES string of the molecule is Cc1ccc(Nc2c(Br)cncc2[N+](=O)[O-])cc1C(=O)O. The fourth-order valence-corrected chi connectivity index (χ4v) is 2.18. The van der Waals surface area contributed by atoms with Crippen LogP contribution in [0, 0.1) is 17.0 Å². The summed E-state index contributed by atoms with van der Waals surface area (Å²) >= 11 is 3.19. The zero-order valence-electron chi connectivity index (χ0n) is 10.8. The van der Waals surface area contributed by atoms with E-state index < -0.39 is 10.9 Å². The van der Waals surface area contributed by atoms with Crippen LogP contribution < -0.4 is 5.32 Å².